The summed E-state index contributed by atoms with van der Waals surface area (Å²) < 4.78 is 4.83. The Morgan fingerprint density at radius 1 is 0.857 bits per heavy atom. The quantitative estimate of drug-likeness (QED) is 0.413. The lowest BCUT2D eigenvalue weighted by Gasteiger charge is -2.00. The van der Waals surface area contributed by atoms with Crippen LogP contribution in [0.5, 0.6) is 5.75 Å². The topological polar surface area (TPSA) is 46.5 Å². The van der Waals surface area contributed by atoms with E-state index >= 15 is 0 Å². The molecule has 0 unspecified atom stereocenters. The average molecular weight is 423 g/mol. The fraction of sp³-hybridized carbons (Fsp3) is 0.391. The number of methoxy groups -OCH3 is 1. The molecule has 0 aromatic heterocycles. The van der Waals surface area contributed by atoms with Gasteiger partial charge in [0.05, 0.1) is 7.11 Å². The minimum atomic E-state index is -0.185. The summed E-state index contributed by atoms with van der Waals surface area (Å²) in [5, 5.41) is 9.18. The Balaban J connectivity index is 0. The third-order valence-corrected chi connectivity index (χ3v) is 2.97. The van der Waals surface area contributed by atoms with Gasteiger partial charge in [0.2, 0.25) is 5.12 Å². The van der Waals surface area contributed by atoms with Crippen molar-refractivity contribution in [1.29, 1.82) is 0 Å². The molecule has 3 nitrogen and oxygen atoms in total. The van der Waals surface area contributed by atoms with E-state index in [1.807, 2.05) is 18.2 Å². The fourth-order valence-electron chi connectivity index (χ4n) is 1.30. The van der Waals surface area contributed by atoms with Gasteiger partial charge in [-0.2, -0.15) is 0 Å². The molecule has 0 aliphatic heterocycles. The standard InChI is InChI=1S/C8H8O2S.C7H6OS.2C4H10/c1-10-8(11)6-2-4-7(9)5-3-6;8-7(9)6-4-2-1-3-5-6;2*1-4(2)3/h2-5,9H,1H3;1-5H,(H,8,9);2*4H,1-3H3. The highest BCUT2D eigenvalue weighted by atomic mass is 32.1. The average Bonchev–Trinajstić information content (AvgIpc) is 2.62. The number of hydrogen-bond acceptors (Lipinski definition) is 4. The fourth-order valence-corrected chi connectivity index (χ4v) is 1.58. The number of phenolic OH excluding ortho intramolecular Hbond substituents is 1. The molecule has 2 aromatic carbocycles. The van der Waals surface area contributed by atoms with E-state index in [-0.39, 0.29) is 10.9 Å². The molecule has 2 aromatic rings. The summed E-state index contributed by atoms with van der Waals surface area (Å²) in [6.07, 6.45) is 0. The van der Waals surface area contributed by atoms with Gasteiger partial charge in [0, 0.05) is 11.1 Å². The van der Waals surface area contributed by atoms with E-state index in [1.54, 1.807) is 36.4 Å². The minimum Gasteiger partial charge on any atom is -0.508 e. The van der Waals surface area contributed by atoms with E-state index in [9.17, 15) is 4.79 Å². The summed E-state index contributed by atoms with van der Waals surface area (Å²) in [4.78, 5) is 10.5. The SMILES string of the molecule is CC(C)C.CC(C)C.COC(=S)c1ccc(O)cc1.O=C(S)c1ccccc1. The van der Waals surface area contributed by atoms with E-state index in [1.165, 1.54) is 7.11 Å². The lowest BCUT2D eigenvalue weighted by Crippen LogP contribution is -1.97. The third-order valence-electron chi connectivity index (χ3n) is 2.31. The minimum absolute atomic E-state index is 0.185. The second-order valence-electron chi connectivity index (χ2n) is 7.17. The van der Waals surface area contributed by atoms with Crippen molar-refractivity contribution in [3.05, 3.63) is 65.7 Å². The maximum atomic E-state index is 10.5. The predicted molar refractivity (Wildman–Crippen MR) is 128 cm³/mol. The van der Waals surface area contributed by atoms with Crippen LogP contribution in [-0.4, -0.2) is 22.4 Å². The van der Waals surface area contributed by atoms with Gasteiger partial charge in [-0.05, 0) is 48.3 Å². The van der Waals surface area contributed by atoms with Crippen LogP contribution in [0.1, 0.15) is 57.5 Å². The predicted octanol–water partition coefficient (Wildman–Crippen LogP) is 6.80. The molecule has 0 fully saturated rings. The van der Waals surface area contributed by atoms with E-state index in [0.29, 0.717) is 10.6 Å². The number of carbonyl (C=O) groups excluding carboxylic acids is 1. The molecule has 0 aliphatic rings. The first kappa shape index (κ1) is 28.4. The zero-order valence-corrected chi connectivity index (χ0v) is 19.7. The summed E-state index contributed by atoms with van der Waals surface area (Å²) >= 11 is 8.51. The highest BCUT2D eigenvalue weighted by Gasteiger charge is 1.98. The van der Waals surface area contributed by atoms with Crippen LogP contribution < -0.4 is 0 Å². The van der Waals surface area contributed by atoms with Crippen molar-refractivity contribution < 1.29 is 14.6 Å². The number of ether oxygens (including phenoxy) is 1. The van der Waals surface area contributed by atoms with E-state index in [4.69, 9.17) is 22.1 Å². The van der Waals surface area contributed by atoms with Crippen LogP contribution in [0.2, 0.25) is 0 Å². The van der Waals surface area contributed by atoms with Gasteiger partial charge in [0.1, 0.15) is 5.75 Å². The van der Waals surface area contributed by atoms with E-state index in [0.717, 1.165) is 17.4 Å². The number of aromatic hydroxyl groups is 1. The molecule has 0 amide bonds. The molecule has 5 heteroatoms. The van der Waals surface area contributed by atoms with Crippen molar-refractivity contribution in [3.8, 4) is 5.75 Å². The van der Waals surface area contributed by atoms with Crippen LogP contribution >= 0.6 is 24.8 Å². The number of thiocarbonyl (C=S) groups is 1. The maximum absolute atomic E-state index is 10.5. The number of hydrogen-bond donors (Lipinski definition) is 2. The van der Waals surface area contributed by atoms with Crippen molar-refractivity contribution >= 4 is 35.0 Å². The molecule has 0 aliphatic carbocycles. The number of thiol groups is 1. The van der Waals surface area contributed by atoms with Crippen LogP contribution in [0, 0.1) is 11.8 Å². The number of rotatable bonds is 2. The Labute approximate surface area is 181 Å². The monoisotopic (exact) mass is 422 g/mol. The van der Waals surface area contributed by atoms with Crippen molar-refractivity contribution in [2.24, 2.45) is 11.8 Å². The summed E-state index contributed by atoms with van der Waals surface area (Å²) in [7, 11) is 1.52. The highest BCUT2D eigenvalue weighted by Crippen LogP contribution is 2.10. The third kappa shape index (κ3) is 18.9. The first-order valence-corrected chi connectivity index (χ1v) is 10.0. The summed E-state index contributed by atoms with van der Waals surface area (Å²) in [5.41, 5.74) is 1.45. The Bertz CT molecular complexity index is 640. The number of benzene rings is 2. The molecule has 28 heavy (non-hydrogen) atoms. The lowest BCUT2D eigenvalue weighted by molar-refractivity contribution is 0.109. The smallest absolute Gasteiger partial charge is 0.216 e. The zero-order chi connectivity index (χ0) is 22.1. The highest BCUT2D eigenvalue weighted by molar-refractivity contribution is 7.97. The van der Waals surface area contributed by atoms with Gasteiger partial charge in [-0.15, -0.1) is 12.6 Å². The van der Waals surface area contributed by atoms with Crippen molar-refractivity contribution in [2.45, 2.75) is 41.5 Å². The molecule has 0 saturated carbocycles. The van der Waals surface area contributed by atoms with Gasteiger partial charge >= 0.3 is 0 Å². The van der Waals surface area contributed by atoms with E-state index < -0.39 is 0 Å². The number of phenols is 1. The number of carbonyl (C=O) groups is 1. The largest absolute Gasteiger partial charge is 0.508 e. The Hall–Kier alpha value is -1.85. The van der Waals surface area contributed by atoms with Crippen LogP contribution in [0.25, 0.3) is 0 Å². The molecular formula is C23H34O3S2. The van der Waals surface area contributed by atoms with Crippen LogP contribution in [0.4, 0.5) is 0 Å². The van der Waals surface area contributed by atoms with Crippen LogP contribution in [0.15, 0.2) is 54.6 Å². The first-order chi connectivity index (χ1) is 13.0. The van der Waals surface area contributed by atoms with Gasteiger partial charge in [-0.3, -0.25) is 4.79 Å². The second kappa shape index (κ2) is 17.3. The molecule has 156 valence electrons. The first-order valence-electron chi connectivity index (χ1n) is 9.16. The maximum Gasteiger partial charge on any atom is 0.216 e. The zero-order valence-electron chi connectivity index (χ0n) is 18.0. The van der Waals surface area contributed by atoms with Crippen molar-refractivity contribution in [3.63, 3.8) is 0 Å². The van der Waals surface area contributed by atoms with Crippen molar-refractivity contribution in [2.75, 3.05) is 7.11 Å². The molecule has 0 saturated heterocycles. The molecular weight excluding hydrogens is 388 g/mol. The van der Waals surface area contributed by atoms with Gasteiger partial charge in [0.15, 0.2) is 5.05 Å². The lowest BCUT2D eigenvalue weighted by atomic mass is 10.2. The Kier molecular flexibility index (Phi) is 17.5. The Morgan fingerprint density at radius 3 is 1.54 bits per heavy atom. The van der Waals surface area contributed by atoms with Crippen LogP contribution in [-0.2, 0) is 4.74 Å². The Morgan fingerprint density at radius 2 is 1.25 bits per heavy atom. The normalized spacial score (nSPS) is 9.07. The van der Waals surface area contributed by atoms with Crippen LogP contribution in [0.3, 0.4) is 0 Å². The summed E-state index contributed by atoms with van der Waals surface area (Å²) in [6.45, 7) is 13.0. The van der Waals surface area contributed by atoms with Gasteiger partial charge in [-0.1, -0.05) is 71.9 Å². The molecule has 1 N–H and O–H groups in total. The van der Waals surface area contributed by atoms with Crippen molar-refractivity contribution in [1.82, 2.24) is 0 Å². The molecule has 0 spiro atoms. The second-order valence-corrected chi connectivity index (χ2v) is 7.95. The summed E-state index contributed by atoms with van der Waals surface area (Å²) in [6, 6.07) is 15.5. The molecule has 0 heterocycles. The van der Waals surface area contributed by atoms with Gasteiger partial charge in [0.25, 0.3) is 0 Å². The van der Waals surface area contributed by atoms with Gasteiger partial charge < -0.3 is 9.84 Å². The van der Waals surface area contributed by atoms with E-state index in [2.05, 4.69) is 54.2 Å². The molecule has 0 bridgehead atoms. The molecule has 2 rings (SSSR count). The molecule has 0 atom stereocenters. The summed E-state index contributed by atoms with van der Waals surface area (Å²) in [5.74, 6) is 1.90. The molecule has 0 radical (unpaired) electrons. The van der Waals surface area contributed by atoms with Gasteiger partial charge in [-0.25, -0.2) is 0 Å².